The number of fused-ring (bicyclic) bond motifs is 1. The van der Waals surface area contributed by atoms with E-state index in [1.54, 1.807) is 0 Å². The summed E-state index contributed by atoms with van der Waals surface area (Å²) < 4.78 is 11.3. The number of aromatic nitrogens is 2. The molecule has 2 aromatic heterocycles. The Morgan fingerprint density at radius 2 is 1.90 bits per heavy atom. The molecule has 0 radical (unpaired) electrons. The molecule has 1 fully saturated rings. The SMILES string of the molecule is Cc1ccc(C2CCC2)c(CNc2ccc(-c3cc4c(nc3C)OCCO4)cn2)c1. The third-order valence-electron chi connectivity index (χ3n) is 6.10. The molecule has 154 valence electrons. The van der Waals surface area contributed by atoms with Gasteiger partial charge in [-0.05, 0) is 61.9 Å². The molecule has 1 N–H and O–H groups in total. The first-order valence-corrected chi connectivity index (χ1v) is 10.7. The molecule has 5 heteroatoms. The first-order valence-electron chi connectivity index (χ1n) is 10.7. The average molecular weight is 402 g/mol. The Kier molecular flexibility index (Phi) is 5.03. The molecule has 2 aliphatic rings. The second-order valence-corrected chi connectivity index (χ2v) is 8.24. The average Bonchev–Trinajstić information content (AvgIpc) is 2.72. The predicted molar refractivity (Wildman–Crippen MR) is 118 cm³/mol. The van der Waals surface area contributed by atoms with E-state index in [9.17, 15) is 0 Å². The summed E-state index contributed by atoms with van der Waals surface area (Å²) in [5, 5.41) is 3.50. The number of anilines is 1. The zero-order chi connectivity index (χ0) is 20.5. The highest BCUT2D eigenvalue weighted by molar-refractivity contribution is 5.68. The summed E-state index contributed by atoms with van der Waals surface area (Å²) in [4.78, 5) is 9.19. The van der Waals surface area contributed by atoms with Crippen LogP contribution < -0.4 is 14.8 Å². The van der Waals surface area contributed by atoms with Gasteiger partial charge in [0, 0.05) is 29.6 Å². The number of benzene rings is 1. The number of nitrogens with zero attached hydrogens (tertiary/aromatic N) is 2. The molecule has 0 atom stereocenters. The zero-order valence-electron chi connectivity index (χ0n) is 17.6. The summed E-state index contributed by atoms with van der Waals surface area (Å²) in [7, 11) is 0. The van der Waals surface area contributed by atoms with Crippen molar-refractivity contribution in [3.05, 3.63) is 65.0 Å². The van der Waals surface area contributed by atoms with E-state index in [-0.39, 0.29) is 0 Å². The number of pyridine rings is 2. The van der Waals surface area contributed by atoms with Gasteiger partial charge in [0.2, 0.25) is 0 Å². The van der Waals surface area contributed by atoms with E-state index in [0.29, 0.717) is 24.8 Å². The van der Waals surface area contributed by atoms with E-state index < -0.39 is 0 Å². The maximum Gasteiger partial charge on any atom is 0.257 e. The van der Waals surface area contributed by atoms with E-state index in [0.717, 1.165) is 35.1 Å². The van der Waals surface area contributed by atoms with Crippen LogP contribution in [0.4, 0.5) is 5.82 Å². The van der Waals surface area contributed by atoms with Gasteiger partial charge in [0.1, 0.15) is 19.0 Å². The minimum Gasteiger partial charge on any atom is -0.484 e. The molecular weight excluding hydrogens is 374 g/mol. The van der Waals surface area contributed by atoms with Crippen LogP contribution in [0, 0.1) is 13.8 Å². The topological polar surface area (TPSA) is 56.3 Å². The van der Waals surface area contributed by atoms with Crippen LogP contribution in [0.2, 0.25) is 0 Å². The van der Waals surface area contributed by atoms with Crippen molar-refractivity contribution in [3.8, 4) is 22.8 Å². The molecule has 1 aliphatic carbocycles. The summed E-state index contributed by atoms with van der Waals surface area (Å²) in [6.07, 6.45) is 5.87. The molecule has 1 saturated carbocycles. The van der Waals surface area contributed by atoms with Crippen molar-refractivity contribution in [1.29, 1.82) is 0 Å². The van der Waals surface area contributed by atoms with Crippen LogP contribution in [0.1, 0.15) is 47.6 Å². The molecule has 3 aromatic rings. The Labute approximate surface area is 177 Å². The molecule has 3 heterocycles. The van der Waals surface area contributed by atoms with E-state index >= 15 is 0 Å². The lowest BCUT2D eigenvalue weighted by molar-refractivity contribution is 0.164. The van der Waals surface area contributed by atoms with Crippen LogP contribution in [0.5, 0.6) is 11.6 Å². The van der Waals surface area contributed by atoms with Crippen LogP contribution >= 0.6 is 0 Å². The van der Waals surface area contributed by atoms with Crippen molar-refractivity contribution in [3.63, 3.8) is 0 Å². The maximum absolute atomic E-state index is 5.69. The smallest absolute Gasteiger partial charge is 0.257 e. The lowest BCUT2D eigenvalue weighted by Gasteiger charge is -2.28. The standard InChI is InChI=1S/C25H27N3O2/c1-16-6-8-21(18-4-3-5-18)20(12-16)15-27-24-9-7-19(14-26-24)22-13-23-25(28-17(22)2)30-11-10-29-23/h6-9,12-14,18H,3-5,10-11,15H2,1-2H3,(H,26,27). The molecule has 0 amide bonds. The van der Waals surface area contributed by atoms with Gasteiger partial charge in [-0.25, -0.2) is 9.97 Å². The molecule has 30 heavy (non-hydrogen) atoms. The summed E-state index contributed by atoms with van der Waals surface area (Å²) >= 11 is 0. The highest BCUT2D eigenvalue weighted by Gasteiger charge is 2.22. The van der Waals surface area contributed by atoms with Crippen LogP contribution in [0.25, 0.3) is 11.1 Å². The third-order valence-corrected chi connectivity index (χ3v) is 6.10. The monoisotopic (exact) mass is 401 g/mol. The first-order chi connectivity index (χ1) is 14.7. The third kappa shape index (κ3) is 3.72. The Balaban J connectivity index is 1.32. The van der Waals surface area contributed by atoms with Crippen LogP contribution in [-0.4, -0.2) is 23.2 Å². The largest absolute Gasteiger partial charge is 0.484 e. The molecule has 0 spiro atoms. The molecule has 0 bridgehead atoms. The quantitative estimate of drug-likeness (QED) is 0.619. The van der Waals surface area contributed by atoms with Gasteiger partial charge in [-0.3, -0.25) is 0 Å². The van der Waals surface area contributed by atoms with Crippen molar-refractivity contribution < 1.29 is 9.47 Å². The molecule has 1 aliphatic heterocycles. The van der Waals surface area contributed by atoms with Crippen molar-refractivity contribution in [1.82, 2.24) is 9.97 Å². The fourth-order valence-corrected chi connectivity index (χ4v) is 4.20. The fourth-order valence-electron chi connectivity index (χ4n) is 4.20. The maximum atomic E-state index is 5.69. The Morgan fingerprint density at radius 1 is 1.03 bits per heavy atom. The normalized spacial score (nSPS) is 15.5. The van der Waals surface area contributed by atoms with Crippen LogP contribution in [0.15, 0.2) is 42.6 Å². The number of hydrogen-bond donors (Lipinski definition) is 1. The van der Waals surface area contributed by atoms with Crippen LogP contribution in [-0.2, 0) is 6.54 Å². The predicted octanol–water partition coefficient (Wildman–Crippen LogP) is 5.41. The van der Waals surface area contributed by atoms with E-state index in [1.807, 2.05) is 25.3 Å². The van der Waals surface area contributed by atoms with Gasteiger partial charge in [0.15, 0.2) is 5.75 Å². The molecule has 5 nitrogen and oxygen atoms in total. The van der Waals surface area contributed by atoms with Gasteiger partial charge in [0.25, 0.3) is 5.88 Å². The van der Waals surface area contributed by atoms with Gasteiger partial charge >= 0.3 is 0 Å². The number of ether oxygens (including phenoxy) is 2. The highest BCUT2D eigenvalue weighted by Crippen LogP contribution is 2.38. The first kappa shape index (κ1) is 18.9. The van der Waals surface area contributed by atoms with Crippen molar-refractivity contribution in [2.24, 2.45) is 0 Å². The van der Waals surface area contributed by atoms with Gasteiger partial charge in [-0.1, -0.05) is 30.2 Å². The molecular formula is C25H27N3O2. The van der Waals surface area contributed by atoms with Gasteiger partial charge < -0.3 is 14.8 Å². The number of rotatable bonds is 5. The fraction of sp³-hybridized carbons (Fsp3) is 0.360. The number of aryl methyl sites for hydroxylation is 2. The number of nitrogens with one attached hydrogen (secondary N) is 1. The second-order valence-electron chi connectivity index (χ2n) is 8.24. The van der Waals surface area contributed by atoms with Gasteiger partial charge in [-0.2, -0.15) is 0 Å². The summed E-state index contributed by atoms with van der Waals surface area (Å²) in [6, 6.07) is 13.0. The van der Waals surface area contributed by atoms with E-state index in [4.69, 9.17) is 9.47 Å². The summed E-state index contributed by atoms with van der Waals surface area (Å²) in [5.74, 6) is 2.88. The molecule has 0 saturated heterocycles. The van der Waals surface area contributed by atoms with E-state index in [2.05, 4.69) is 46.5 Å². The lowest BCUT2D eigenvalue weighted by atomic mass is 9.78. The lowest BCUT2D eigenvalue weighted by Crippen LogP contribution is -2.16. The molecule has 0 unspecified atom stereocenters. The molecule has 5 rings (SSSR count). The van der Waals surface area contributed by atoms with Crippen molar-refractivity contribution >= 4 is 5.82 Å². The zero-order valence-corrected chi connectivity index (χ0v) is 17.6. The summed E-state index contributed by atoms with van der Waals surface area (Å²) in [5.41, 5.74) is 7.13. The number of hydrogen-bond acceptors (Lipinski definition) is 5. The highest BCUT2D eigenvalue weighted by atomic mass is 16.6. The Hall–Kier alpha value is -3.08. The second kappa shape index (κ2) is 7.98. The Morgan fingerprint density at radius 3 is 2.67 bits per heavy atom. The minimum atomic E-state index is 0.546. The van der Waals surface area contributed by atoms with Gasteiger partial charge in [-0.15, -0.1) is 0 Å². The van der Waals surface area contributed by atoms with Crippen LogP contribution in [0.3, 0.4) is 0 Å². The molecule has 1 aromatic carbocycles. The van der Waals surface area contributed by atoms with Crippen molar-refractivity contribution in [2.75, 3.05) is 18.5 Å². The van der Waals surface area contributed by atoms with Gasteiger partial charge in [0.05, 0.1) is 0 Å². The van der Waals surface area contributed by atoms with Crippen molar-refractivity contribution in [2.45, 2.75) is 45.6 Å². The summed E-state index contributed by atoms with van der Waals surface area (Å²) in [6.45, 7) is 6.04. The minimum absolute atomic E-state index is 0.546. The van der Waals surface area contributed by atoms with E-state index in [1.165, 1.54) is 36.0 Å². The Bertz CT molecular complexity index is 1060.